The molecule has 0 spiro atoms. The maximum atomic E-state index is 14.7. The number of halogens is 1. The molecular formula is C31H37FN2O2S. The van der Waals surface area contributed by atoms with Crippen LogP contribution in [0, 0.1) is 19.7 Å². The molecule has 0 saturated heterocycles. The molecule has 6 heteroatoms. The lowest BCUT2D eigenvalue weighted by Crippen LogP contribution is -2.51. The first kappa shape index (κ1) is 28.5. The lowest BCUT2D eigenvalue weighted by Gasteiger charge is -2.31. The van der Waals surface area contributed by atoms with E-state index in [2.05, 4.69) is 44.3 Å². The van der Waals surface area contributed by atoms with Crippen molar-refractivity contribution in [3.63, 3.8) is 0 Å². The number of rotatable bonds is 13. The minimum absolute atomic E-state index is 0.0360. The number of amides is 2. The van der Waals surface area contributed by atoms with Crippen LogP contribution in [-0.2, 0) is 28.3 Å². The van der Waals surface area contributed by atoms with Gasteiger partial charge in [0.2, 0.25) is 11.8 Å². The summed E-state index contributed by atoms with van der Waals surface area (Å²) in [6.07, 6.45) is 2.17. The number of carbonyl (C=O) groups is 2. The van der Waals surface area contributed by atoms with E-state index in [4.69, 9.17) is 0 Å². The zero-order chi connectivity index (χ0) is 26.6. The van der Waals surface area contributed by atoms with Crippen molar-refractivity contribution in [2.24, 2.45) is 0 Å². The van der Waals surface area contributed by atoms with E-state index in [9.17, 15) is 14.0 Å². The van der Waals surface area contributed by atoms with Gasteiger partial charge in [-0.2, -0.15) is 0 Å². The molecule has 0 fully saturated rings. The lowest BCUT2D eigenvalue weighted by atomic mass is 10.0. The molecule has 0 bridgehead atoms. The van der Waals surface area contributed by atoms with Crippen LogP contribution in [0.1, 0.15) is 47.6 Å². The normalized spacial score (nSPS) is 11.7. The fraction of sp³-hybridized carbons (Fsp3) is 0.355. The summed E-state index contributed by atoms with van der Waals surface area (Å²) in [6.45, 7) is 6.77. The molecule has 0 radical (unpaired) electrons. The van der Waals surface area contributed by atoms with Gasteiger partial charge in [0.15, 0.2) is 0 Å². The highest BCUT2D eigenvalue weighted by Crippen LogP contribution is 2.20. The van der Waals surface area contributed by atoms with Gasteiger partial charge in [-0.05, 0) is 37.5 Å². The Morgan fingerprint density at radius 1 is 0.946 bits per heavy atom. The van der Waals surface area contributed by atoms with Gasteiger partial charge in [0.05, 0.1) is 5.75 Å². The van der Waals surface area contributed by atoms with Gasteiger partial charge in [-0.15, -0.1) is 11.8 Å². The average molecular weight is 521 g/mol. The predicted molar refractivity (Wildman–Crippen MR) is 151 cm³/mol. The summed E-state index contributed by atoms with van der Waals surface area (Å²) in [5.74, 6) is 0.126. The van der Waals surface area contributed by atoms with Gasteiger partial charge in [0.25, 0.3) is 0 Å². The van der Waals surface area contributed by atoms with Crippen LogP contribution in [0.3, 0.4) is 0 Å². The summed E-state index contributed by atoms with van der Waals surface area (Å²) in [7, 11) is 0. The van der Waals surface area contributed by atoms with E-state index in [1.54, 1.807) is 23.1 Å². The Morgan fingerprint density at radius 3 is 2.30 bits per heavy atom. The lowest BCUT2D eigenvalue weighted by molar-refractivity contribution is -0.139. The minimum Gasteiger partial charge on any atom is -0.354 e. The van der Waals surface area contributed by atoms with E-state index in [1.807, 2.05) is 30.3 Å². The molecule has 0 aliphatic rings. The van der Waals surface area contributed by atoms with E-state index in [1.165, 1.54) is 29.0 Å². The van der Waals surface area contributed by atoms with Crippen molar-refractivity contribution in [2.75, 3.05) is 12.3 Å². The number of nitrogens with one attached hydrogen (secondary N) is 1. The number of nitrogens with zero attached hydrogens (tertiary/aromatic N) is 1. The highest BCUT2D eigenvalue weighted by molar-refractivity contribution is 7.99. The van der Waals surface area contributed by atoms with Crippen molar-refractivity contribution in [2.45, 2.75) is 58.4 Å². The first-order chi connectivity index (χ1) is 17.9. The van der Waals surface area contributed by atoms with Gasteiger partial charge in [0, 0.05) is 30.8 Å². The first-order valence-corrected chi connectivity index (χ1v) is 14.0. The summed E-state index contributed by atoms with van der Waals surface area (Å²) in [5.41, 5.74) is 4.89. The second kappa shape index (κ2) is 14.6. The maximum Gasteiger partial charge on any atom is 0.243 e. The standard InChI is InChI=1S/C31H37FN2O2S/c1-4-5-15-33-31(36)29(19-25-11-7-6-8-12-25)34(20-27-13-9-10-14-28(27)32)30(35)22-37-21-26-17-23(2)16-24(3)18-26/h6-14,16-18,29H,4-5,15,19-22H2,1-3H3,(H,33,36). The molecule has 1 N–H and O–H groups in total. The Balaban J connectivity index is 1.84. The number of aryl methyl sites for hydroxylation is 2. The van der Waals surface area contributed by atoms with Gasteiger partial charge in [-0.25, -0.2) is 4.39 Å². The van der Waals surface area contributed by atoms with Crippen LogP contribution < -0.4 is 5.32 Å². The Bertz CT molecular complexity index is 1150. The molecule has 0 aromatic heterocycles. The van der Waals surface area contributed by atoms with Gasteiger partial charge in [-0.1, -0.05) is 91.2 Å². The van der Waals surface area contributed by atoms with Gasteiger partial charge >= 0.3 is 0 Å². The van der Waals surface area contributed by atoms with Crippen molar-refractivity contribution < 1.29 is 14.0 Å². The fourth-order valence-corrected chi connectivity index (χ4v) is 5.21. The average Bonchev–Trinajstić information content (AvgIpc) is 2.87. The van der Waals surface area contributed by atoms with Crippen LogP contribution >= 0.6 is 11.8 Å². The second-order valence-electron chi connectivity index (χ2n) is 9.45. The highest BCUT2D eigenvalue weighted by Gasteiger charge is 2.30. The van der Waals surface area contributed by atoms with Crippen molar-refractivity contribution in [1.29, 1.82) is 0 Å². The van der Waals surface area contributed by atoms with Crippen LogP contribution in [0.4, 0.5) is 4.39 Å². The molecule has 1 atom stereocenters. The third-order valence-corrected chi connectivity index (χ3v) is 7.16. The van der Waals surface area contributed by atoms with E-state index in [-0.39, 0.29) is 29.9 Å². The zero-order valence-electron chi connectivity index (χ0n) is 22.0. The Morgan fingerprint density at radius 2 is 1.62 bits per heavy atom. The molecule has 0 aliphatic carbocycles. The molecule has 1 unspecified atom stereocenters. The van der Waals surface area contributed by atoms with Crippen LogP contribution in [0.15, 0.2) is 72.8 Å². The molecule has 0 heterocycles. The summed E-state index contributed by atoms with van der Waals surface area (Å²) in [5, 5.41) is 3.00. The van der Waals surface area contributed by atoms with Gasteiger partial charge in [0.1, 0.15) is 11.9 Å². The van der Waals surface area contributed by atoms with E-state index in [0.29, 0.717) is 24.3 Å². The predicted octanol–water partition coefficient (Wildman–Crippen LogP) is 6.23. The second-order valence-corrected chi connectivity index (χ2v) is 10.4. The maximum absolute atomic E-state index is 14.7. The molecule has 3 aromatic carbocycles. The summed E-state index contributed by atoms with van der Waals surface area (Å²) >= 11 is 1.52. The van der Waals surface area contributed by atoms with Crippen LogP contribution in [0.2, 0.25) is 0 Å². The first-order valence-electron chi connectivity index (χ1n) is 12.9. The van der Waals surface area contributed by atoms with Gasteiger partial charge in [-0.3, -0.25) is 9.59 Å². The molecule has 37 heavy (non-hydrogen) atoms. The minimum atomic E-state index is -0.742. The molecule has 0 saturated carbocycles. The molecule has 196 valence electrons. The van der Waals surface area contributed by atoms with Crippen molar-refractivity contribution in [3.05, 3.63) is 106 Å². The third kappa shape index (κ3) is 9.04. The number of benzene rings is 3. The SMILES string of the molecule is CCCCNC(=O)C(Cc1ccccc1)N(Cc1ccccc1F)C(=O)CSCc1cc(C)cc(C)c1. The number of thioether (sulfide) groups is 1. The van der Waals surface area contributed by atoms with Crippen molar-refractivity contribution >= 4 is 23.6 Å². The quantitative estimate of drug-likeness (QED) is 0.272. The topological polar surface area (TPSA) is 49.4 Å². The smallest absolute Gasteiger partial charge is 0.243 e. The summed E-state index contributed by atoms with van der Waals surface area (Å²) in [6, 6.07) is 21.7. The van der Waals surface area contributed by atoms with Crippen molar-refractivity contribution in [1.82, 2.24) is 10.2 Å². The number of hydrogen-bond acceptors (Lipinski definition) is 3. The molecule has 0 aliphatic heterocycles. The number of unbranched alkanes of at least 4 members (excludes halogenated alkanes) is 1. The number of carbonyl (C=O) groups excluding carboxylic acids is 2. The van der Waals surface area contributed by atoms with Crippen LogP contribution in [0.5, 0.6) is 0 Å². The highest BCUT2D eigenvalue weighted by atomic mass is 32.2. The molecule has 3 rings (SSSR count). The number of hydrogen-bond donors (Lipinski definition) is 1. The molecule has 2 amide bonds. The summed E-state index contributed by atoms with van der Waals surface area (Å²) in [4.78, 5) is 28.6. The third-order valence-electron chi connectivity index (χ3n) is 6.17. The Kier molecular flexibility index (Phi) is 11.2. The molecular weight excluding hydrogens is 483 g/mol. The fourth-order valence-electron chi connectivity index (χ4n) is 4.36. The Labute approximate surface area is 224 Å². The zero-order valence-corrected chi connectivity index (χ0v) is 22.8. The van der Waals surface area contributed by atoms with Gasteiger partial charge < -0.3 is 10.2 Å². The van der Waals surface area contributed by atoms with Crippen molar-refractivity contribution in [3.8, 4) is 0 Å². The van der Waals surface area contributed by atoms with E-state index >= 15 is 0 Å². The molecule has 4 nitrogen and oxygen atoms in total. The van der Waals surface area contributed by atoms with Crippen LogP contribution in [-0.4, -0.2) is 35.1 Å². The monoisotopic (exact) mass is 520 g/mol. The van der Waals surface area contributed by atoms with E-state index in [0.717, 1.165) is 24.0 Å². The summed E-state index contributed by atoms with van der Waals surface area (Å²) < 4.78 is 14.7. The van der Waals surface area contributed by atoms with Crippen LogP contribution in [0.25, 0.3) is 0 Å². The molecule has 3 aromatic rings. The van der Waals surface area contributed by atoms with E-state index < -0.39 is 6.04 Å². The Hall–Kier alpha value is -3.12. The largest absolute Gasteiger partial charge is 0.354 e.